The predicted molar refractivity (Wildman–Crippen MR) is 101 cm³/mol. The Balaban J connectivity index is 1.90. The number of nitrogens with one attached hydrogen (secondary N) is 1. The first kappa shape index (κ1) is 19.2. The monoisotopic (exact) mass is 342 g/mol. The van der Waals surface area contributed by atoms with Crippen LogP contribution in [0.1, 0.15) is 57.9 Å². The van der Waals surface area contributed by atoms with Crippen LogP contribution in [0.5, 0.6) is 0 Å². The van der Waals surface area contributed by atoms with Crippen LogP contribution in [0.3, 0.4) is 0 Å². The van der Waals surface area contributed by atoms with Gasteiger partial charge < -0.3 is 10.2 Å². The Hall–Kier alpha value is -2.10. The van der Waals surface area contributed by atoms with Crippen LogP contribution in [-0.2, 0) is 16.1 Å². The summed E-state index contributed by atoms with van der Waals surface area (Å²) in [6.45, 7) is 4.76. The van der Waals surface area contributed by atoms with Crippen molar-refractivity contribution in [2.75, 3.05) is 6.54 Å². The molecule has 0 spiro atoms. The van der Waals surface area contributed by atoms with E-state index >= 15 is 0 Å². The highest BCUT2D eigenvalue weighted by atomic mass is 16.2. The highest BCUT2D eigenvalue weighted by molar-refractivity contribution is 5.87. The first-order valence-corrected chi connectivity index (χ1v) is 9.40. The van der Waals surface area contributed by atoms with E-state index in [0.717, 1.165) is 24.8 Å². The van der Waals surface area contributed by atoms with Crippen molar-refractivity contribution < 1.29 is 9.59 Å². The zero-order valence-corrected chi connectivity index (χ0v) is 15.5. The van der Waals surface area contributed by atoms with Gasteiger partial charge in [0.1, 0.15) is 6.04 Å². The summed E-state index contributed by atoms with van der Waals surface area (Å²) in [5, 5.41) is 3.00. The molecule has 1 aromatic carbocycles. The lowest BCUT2D eigenvalue weighted by Gasteiger charge is -2.28. The number of amides is 2. The normalized spacial score (nSPS) is 15.2. The zero-order valence-electron chi connectivity index (χ0n) is 15.5. The molecule has 4 heteroatoms. The quantitative estimate of drug-likeness (QED) is 0.730. The Labute approximate surface area is 151 Å². The van der Waals surface area contributed by atoms with Crippen LogP contribution < -0.4 is 5.32 Å². The van der Waals surface area contributed by atoms with E-state index in [4.69, 9.17) is 0 Å². The number of hydrogen-bond acceptors (Lipinski definition) is 2. The van der Waals surface area contributed by atoms with E-state index in [0.29, 0.717) is 19.5 Å². The number of carbonyl (C=O) groups excluding carboxylic acids is 2. The van der Waals surface area contributed by atoms with Gasteiger partial charge in [0.2, 0.25) is 11.8 Å². The van der Waals surface area contributed by atoms with Crippen LogP contribution in [0.4, 0.5) is 0 Å². The maximum Gasteiger partial charge on any atom is 0.242 e. The maximum atomic E-state index is 12.5. The average molecular weight is 342 g/mol. The second-order valence-corrected chi connectivity index (χ2v) is 6.69. The van der Waals surface area contributed by atoms with Gasteiger partial charge in [-0.1, -0.05) is 48.9 Å². The minimum Gasteiger partial charge on any atom is -0.354 e. The number of nitrogens with zero attached hydrogens (tertiary/aromatic N) is 1. The van der Waals surface area contributed by atoms with Gasteiger partial charge in [-0.25, -0.2) is 0 Å². The van der Waals surface area contributed by atoms with Crippen molar-refractivity contribution in [1.29, 1.82) is 0 Å². The van der Waals surface area contributed by atoms with Gasteiger partial charge in [-0.15, -0.1) is 0 Å². The first-order valence-electron chi connectivity index (χ1n) is 9.40. The third-order valence-corrected chi connectivity index (χ3v) is 4.80. The van der Waals surface area contributed by atoms with E-state index in [2.05, 4.69) is 11.4 Å². The molecular weight excluding hydrogens is 312 g/mol. The molecule has 2 rings (SSSR count). The van der Waals surface area contributed by atoms with E-state index in [1.165, 1.54) is 18.4 Å². The molecule has 0 aromatic heterocycles. The number of hydrogen-bond donors (Lipinski definition) is 1. The fourth-order valence-corrected chi connectivity index (χ4v) is 3.19. The highest BCUT2D eigenvalue weighted by Gasteiger charge is 2.24. The Morgan fingerprint density at radius 2 is 1.96 bits per heavy atom. The summed E-state index contributed by atoms with van der Waals surface area (Å²) < 4.78 is 0. The molecule has 0 fully saturated rings. The Morgan fingerprint density at radius 3 is 2.60 bits per heavy atom. The topological polar surface area (TPSA) is 49.4 Å². The van der Waals surface area contributed by atoms with Gasteiger partial charge in [0.05, 0.1) is 0 Å². The molecule has 0 radical (unpaired) electrons. The van der Waals surface area contributed by atoms with E-state index in [-0.39, 0.29) is 11.8 Å². The van der Waals surface area contributed by atoms with Crippen LogP contribution in [0, 0.1) is 0 Å². The molecule has 2 amide bonds. The molecule has 1 N–H and O–H groups in total. The molecule has 1 unspecified atom stereocenters. The summed E-state index contributed by atoms with van der Waals surface area (Å²) in [6.07, 6.45) is 8.47. The van der Waals surface area contributed by atoms with Crippen molar-refractivity contribution in [3.8, 4) is 0 Å². The molecule has 1 aliphatic carbocycles. The molecule has 1 aromatic rings. The molecule has 4 nitrogen and oxygen atoms in total. The lowest BCUT2D eigenvalue weighted by atomic mass is 9.97. The van der Waals surface area contributed by atoms with E-state index in [1.54, 1.807) is 4.90 Å². The molecule has 0 saturated carbocycles. The third kappa shape index (κ3) is 6.04. The summed E-state index contributed by atoms with van der Waals surface area (Å²) in [6, 6.07) is 9.35. The molecule has 1 aliphatic rings. The van der Waals surface area contributed by atoms with Crippen molar-refractivity contribution in [2.45, 2.75) is 65.0 Å². The van der Waals surface area contributed by atoms with Gasteiger partial charge in [-0.3, -0.25) is 9.59 Å². The Kier molecular flexibility index (Phi) is 7.71. The summed E-state index contributed by atoms with van der Waals surface area (Å²) in [4.78, 5) is 26.5. The fourth-order valence-electron chi connectivity index (χ4n) is 3.19. The van der Waals surface area contributed by atoms with Gasteiger partial charge in [-0.2, -0.15) is 0 Å². The lowest BCUT2D eigenvalue weighted by molar-refractivity contribution is -0.140. The van der Waals surface area contributed by atoms with Crippen LogP contribution in [0.15, 0.2) is 42.0 Å². The predicted octanol–water partition coefficient (Wildman–Crippen LogP) is 3.82. The maximum absolute atomic E-state index is 12.5. The second kappa shape index (κ2) is 10.0. The molecule has 0 aliphatic heterocycles. The van der Waals surface area contributed by atoms with Crippen LogP contribution >= 0.6 is 0 Å². The van der Waals surface area contributed by atoms with Crippen LogP contribution in [-0.4, -0.2) is 29.3 Å². The molecular formula is C21H30N2O2. The van der Waals surface area contributed by atoms with Gasteiger partial charge >= 0.3 is 0 Å². The number of allylic oxidation sites excluding steroid dienone is 1. The zero-order chi connectivity index (χ0) is 18.1. The number of rotatable bonds is 8. The molecule has 1 atom stereocenters. The SMILES string of the molecule is CCC(=O)N(Cc1ccccc1)C(C)C(=O)NCCC1=CCCCC1. The van der Waals surface area contributed by atoms with E-state index in [1.807, 2.05) is 44.2 Å². The summed E-state index contributed by atoms with van der Waals surface area (Å²) >= 11 is 0. The smallest absolute Gasteiger partial charge is 0.242 e. The van der Waals surface area contributed by atoms with Gasteiger partial charge in [-0.05, 0) is 44.6 Å². The largest absolute Gasteiger partial charge is 0.354 e. The lowest BCUT2D eigenvalue weighted by Crippen LogP contribution is -2.47. The number of carbonyl (C=O) groups is 2. The van der Waals surface area contributed by atoms with Crippen molar-refractivity contribution in [1.82, 2.24) is 10.2 Å². The minimum absolute atomic E-state index is 0.00138. The molecule has 0 bridgehead atoms. The molecule has 0 saturated heterocycles. The van der Waals surface area contributed by atoms with Crippen LogP contribution in [0.2, 0.25) is 0 Å². The highest BCUT2D eigenvalue weighted by Crippen LogP contribution is 2.19. The average Bonchev–Trinajstić information content (AvgIpc) is 2.66. The first-order chi connectivity index (χ1) is 12.1. The third-order valence-electron chi connectivity index (χ3n) is 4.80. The minimum atomic E-state index is -0.465. The molecule has 25 heavy (non-hydrogen) atoms. The fraction of sp³-hybridized carbons (Fsp3) is 0.524. The molecule has 0 heterocycles. The van der Waals surface area contributed by atoms with Crippen molar-refractivity contribution in [3.63, 3.8) is 0 Å². The number of benzene rings is 1. The van der Waals surface area contributed by atoms with Gasteiger partial charge in [0.15, 0.2) is 0 Å². The van der Waals surface area contributed by atoms with E-state index < -0.39 is 6.04 Å². The van der Waals surface area contributed by atoms with Crippen LogP contribution in [0.25, 0.3) is 0 Å². The van der Waals surface area contributed by atoms with Gasteiger partial charge in [0, 0.05) is 19.5 Å². The summed E-state index contributed by atoms with van der Waals surface area (Å²) in [5.41, 5.74) is 2.49. The van der Waals surface area contributed by atoms with Crippen molar-refractivity contribution in [3.05, 3.63) is 47.5 Å². The summed E-state index contributed by atoms with van der Waals surface area (Å²) in [5.74, 6) is -0.0735. The van der Waals surface area contributed by atoms with Crippen molar-refractivity contribution >= 4 is 11.8 Å². The molecule has 136 valence electrons. The Bertz CT molecular complexity index is 595. The van der Waals surface area contributed by atoms with E-state index in [9.17, 15) is 9.59 Å². The van der Waals surface area contributed by atoms with Gasteiger partial charge in [0.25, 0.3) is 0 Å². The Morgan fingerprint density at radius 1 is 1.20 bits per heavy atom. The summed E-state index contributed by atoms with van der Waals surface area (Å²) in [7, 11) is 0. The van der Waals surface area contributed by atoms with Crippen molar-refractivity contribution in [2.24, 2.45) is 0 Å². The second-order valence-electron chi connectivity index (χ2n) is 6.69. The standard InChI is InChI=1S/C21H30N2O2/c1-3-20(24)23(16-19-12-8-5-9-13-19)17(2)21(25)22-15-14-18-10-6-4-7-11-18/h5,8-10,12-13,17H,3-4,6-7,11,14-16H2,1-2H3,(H,22,25).